The number of nitrogens with zero attached hydrogens (tertiary/aromatic N) is 1. The first-order valence-corrected chi connectivity index (χ1v) is 7.97. The van der Waals surface area contributed by atoms with Gasteiger partial charge >= 0.3 is 0 Å². The van der Waals surface area contributed by atoms with Crippen LogP contribution >= 0.6 is 0 Å². The van der Waals surface area contributed by atoms with Crippen molar-refractivity contribution in [3.05, 3.63) is 23.0 Å². The lowest BCUT2D eigenvalue weighted by molar-refractivity contribution is -0.0167. The molecule has 1 heterocycles. The molecule has 1 aliphatic carbocycles. The van der Waals surface area contributed by atoms with E-state index >= 15 is 0 Å². The summed E-state index contributed by atoms with van der Waals surface area (Å²) < 4.78 is 8.01. The van der Waals surface area contributed by atoms with Gasteiger partial charge in [0, 0.05) is 24.0 Å². The largest absolute Gasteiger partial charge is 0.370 e. The van der Waals surface area contributed by atoms with Crippen LogP contribution in [0.5, 0.6) is 0 Å². The van der Waals surface area contributed by atoms with Gasteiger partial charge in [0.2, 0.25) is 0 Å². The van der Waals surface area contributed by atoms with Crippen molar-refractivity contribution >= 4 is 5.78 Å². The lowest BCUT2D eigenvalue weighted by Crippen LogP contribution is -2.33. The molecule has 0 spiro atoms. The summed E-state index contributed by atoms with van der Waals surface area (Å²) in [6.45, 7) is 11.1. The van der Waals surface area contributed by atoms with Crippen molar-refractivity contribution in [2.24, 2.45) is 18.4 Å². The number of hydrogen-bond donors (Lipinski definition) is 0. The maximum atomic E-state index is 12.4. The maximum Gasteiger partial charge on any atom is 0.190 e. The fourth-order valence-corrected chi connectivity index (χ4v) is 3.79. The third kappa shape index (κ3) is 3.76. The summed E-state index contributed by atoms with van der Waals surface area (Å²) in [6.07, 6.45) is 3.59. The third-order valence-corrected chi connectivity index (χ3v) is 4.87. The summed E-state index contributed by atoms with van der Waals surface area (Å²) in [6, 6.07) is 1.97. The highest BCUT2D eigenvalue weighted by molar-refractivity contribution is 5.98. The molecule has 2 atom stereocenters. The van der Waals surface area contributed by atoms with Gasteiger partial charge in [-0.25, -0.2) is 0 Å². The van der Waals surface area contributed by atoms with Crippen molar-refractivity contribution in [3.63, 3.8) is 0 Å². The predicted molar refractivity (Wildman–Crippen MR) is 85.8 cm³/mol. The molecule has 1 fully saturated rings. The molecule has 2 unspecified atom stereocenters. The highest BCUT2D eigenvalue weighted by Gasteiger charge is 2.32. The van der Waals surface area contributed by atoms with E-state index in [0.717, 1.165) is 29.8 Å². The summed E-state index contributed by atoms with van der Waals surface area (Å²) in [5.74, 6) is 0.779. The summed E-state index contributed by atoms with van der Waals surface area (Å²) in [5, 5.41) is 0. The molecule has 118 valence electrons. The van der Waals surface area contributed by atoms with Crippen LogP contribution in [0.25, 0.3) is 0 Å². The Labute approximate surface area is 128 Å². The molecule has 3 nitrogen and oxygen atoms in total. The number of ether oxygens (including phenoxy) is 1. The molecule has 0 N–H and O–H groups in total. The number of ketones is 1. The van der Waals surface area contributed by atoms with Crippen LogP contribution in [0.1, 0.15) is 61.8 Å². The molecule has 0 saturated heterocycles. The van der Waals surface area contributed by atoms with E-state index < -0.39 is 0 Å². The first-order chi connectivity index (χ1) is 9.69. The van der Waals surface area contributed by atoms with E-state index in [1.54, 1.807) is 0 Å². The van der Waals surface area contributed by atoms with Crippen LogP contribution in [-0.4, -0.2) is 23.1 Å². The fourth-order valence-electron chi connectivity index (χ4n) is 3.79. The Morgan fingerprint density at radius 2 is 2.05 bits per heavy atom. The van der Waals surface area contributed by atoms with Gasteiger partial charge in [-0.1, -0.05) is 20.8 Å². The van der Waals surface area contributed by atoms with Crippen LogP contribution in [0.4, 0.5) is 0 Å². The fraction of sp³-hybridized carbons (Fsp3) is 0.722. The summed E-state index contributed by atoms with van der Waals surface area (Å²) in [7, 11) is 1.99. The number of rotatable bonds is 4. The minimum Gasteiger partial charge on any atom is -0.370 e. The van der Waals surface area contributed by atoms with Gasteiger partial charge in [0.25, 0.3) is 0 Å². The molecule has 21 heavy (non-hydrogen) atoms. The lowest BCUT2D eigenvalue weighted by atomic mass is 9.71. The molecule has 0 bridgehead atoms. The number of aromatic nitrogens is 1. The number of aryl methyl sites for hydroxylation is 1. The van der Waals surface area contributed by atoms with E-state index in [2.05, 4.69) is 25.3 Å². The second kappa shape index (κ2) is 5.96. The Morgan fingerprint density at radius 3 is 2.57 bits per heavy atom. The Hall–Kier alpha value is -1.09. The zero-order chi connectivity index (χ0) is 15.8. The number of hydrogen-bond acceptors (Lipinski definition) is 2. The van der Waals surface area contributed by atoms with E-state index in [-0.39, 0.29) is 18.5 Å². The molecule has 0 radical (unpaired) electrons. The van der Waals surface area contributed by atoms with E-state index in [0.29, 0.717) is 11.3 Å². The molecular weight excluding hydrogens is 262 g/mol. The summed E-state index contributed by atoms with van der Waals surface area (Å²) in [4.78, 5) is 12.4. The zero-order valence-electron chi connectivity index (χ0n) is 14.3. The standard InChI is InChI=1S/C18H29NO2/c1-12-7-15(10-18(4,5)9-12)21-11-17(20)16-8-13(2)19(6)14(16)3/h8,12,15H,7,9-11H2,1-6H3. The lowest BCUT2D eigenvalue weighted by Gasteiger charge is -2.38. The quantitative estimate of drug-likeness (QED) is 0.783. The normalized spacial score (nSPS) is 25.0. The average molecular weight is 291 g/mol. The number of Topliss-reactive ketones (excluding diaryl/α,β-unsaturated/α-hetero) is 1. The van der Waals surface area contributed by atoms with Crippen molar-refractivity contribution in [3.8, 4) is 0 Å². The molecule has 1 aromatic heterocycles. The predicted octanol–water partition coefficient (Wildman–Crippen LogP) is 4.06. The minimum atomic E-state index is 0.104. The molecule has 1 saturated carbocycles. The number of carbonyl (C=O) groups excluding carboxylic acids is 1. The van der Waals surface area contributed by atoms with Crippen LogP contribution in [0, 0.1) is 25.2 Å². The van der Waals surface area contributed by atoms with Crippen LogP contribution in [-0.2, 0) is 11.8 Å². The summed E-state index contributed by atoms with van der Waals surface area (Å²) in [5.41, 5.74) is 3.27. The maximum absolute atomic E-state index is 12.4. The highest BCUT2D eigenvalue weighted by Crippen LogP contribution is 2.39. The van der Waals surface area contributed by atoms with E-state index in [4.69, 9.17) is 4.74 Å². The van der Waals surface area contributed by atoms with Gasteiger partial charge in [0.15, 0.2) is 5.78 Å². The van der Waals surface area contributed by atoms with Gasteiger partial charge in [-0.05, 0) is 50.5 Å². The molecule has 0 amide bonds. The van der Waals surface area contributed by atoms with Gasteiger partial charge in [-0.2, -0.15) is 0 Å². The van der Waals surface area contributed by atoms with Crippen molar-refractivity contribution < 1.29 is 9.53 Å². The number of carbonyl (C=O) groups is 1. The Bertz CT molecular complexity index is 528. The van der Waals surface area contributed by atoms with Crippen LogP contribution in [0.15, 0.2) is 6.07 Å². The van der Waals surface area contributed by atoms with Crippen LogP contribution < -0.4 is 0 Å². The van der Waals surface area contributed by atoms with E-state index in [1.807, 2.05) is 27.0 Å². The molecule has 3 heteroatoms. The molecule has 1 aromatic rings. The first kappa shape index (κ1) is 16.3. The SMILES string of the molecule is Cc1cc(C(=O)COC2CC(C)CC(C)(C)C2)c(C)n1C. The smallest absolute Gasteiger partial charge is 0.190 e. The van der Waals surface area contributed by atoms with Gasteiger partial charge in [-0.3, -0.25) is 4.79 Å². The minimum absolute atomic E-state index is 0.104. The topological polar surface area (TPSA) is 31.2 Å². The van der Waals surface area contributed by atoms with Gasteiger partial charge in [-0.15, -0.1) is 0 Å². The molecule has 2 rings (SSSR count). The van der Waals surface area contributed by atoms with E-state index in [1.165, 1.54) is 6.42 Å². The summed E-state index contributed by atoms with van der Waals surface area (Å²) >= 11 is 0. The third-order valence-electron chi connectivity index (χ3n) is 4.87. The van der Waals surface area contributed by atoms with Crippen LogP contribution in [0.2, 0.25) is 0 Å². The van der Waals surface area contributed by atoms with Crippen molar-refractivity contribution in [2.75, 3.05) is 6.61 Å². The zero-order valence-corrected chi connectivity index (χ0v) is 14.3. The Morgan fingerprint density at radius 1 is 1.38 bits per heavy atom. The Balaban J connectivity index is 1.96. The molecular formula is C18H29NO2. The molecule has 0 aliphatic heterocycles. The monoisotopic (exact) mass is 291 g/mol. The average Bonchev–Trinajstić information content (AvgIpc) is 2.61. The second-order valence-electron chi connectivity index (χ2n) is 7.61. The van der Waals surface area contributed by atoms with Crippen molar-refractivity contribution in [2.45, 2.75) is 60.0 Å². The second-order valence-corrected chi connectivity index (χ2v) is 7.61. The van der Waals surface area contributed by atoms with Gasteiger partial charge in [0.05, 0.1) is 6.10 Å². The van der Waals surface area contributed by atoms with Crippen molar-refractivity contribution in [1.82, 2.24) is 4.57 Å². The van der Waals surface area contributed by atoms with E-state index in [9.17, 15) is 4.79 Å². The highest BCUT2D eigenvalue weighted by atomic mass is 16.5. The molecule has 1 aliphatic rings. The van der Waals surface area contributed by atoms with Gasteiger partial charge in [0.1, 0.15) is 6.61 Å². The first-order valence-electron chi connectivity index (χ1n) is 7.97. The van der Waals surface area contributed by atoms with Gasteiger partial charge < -0.3 is 9.30 Å². The van der Waals surface area contributed by atoms with Crippen LogP contribution in [0.3, 0.4) is 0 Å². The Kier molecular flexibility index (Phi) is 4.62. The van der Waals surface area contributed by atoms with Crippen molar-refractivity contribution in [1.29, 1.82) is 0 Å². The molecule has 0 aromatic carbocycles.